The van der Waals surface area contributed by atoms with Gasteiger partial charge in [0.25, 0.3) is 0 Å². The molecular weight excluding hydrogens is 629 g/mol. The van der Waals surface area contributed by atoms with Gasteiger partial charge in [-0.05, 0) is 69.7 Å². The van der Waals surface area contributed by atoms with Crippen LogP contribution in [0.1, 0.15) is 49.9 Å². The minimum atomic E-state index is -0.148. The van der Waals surface area contributed by atoms with Gasteiger partial charge < -0.3 is 14.8 Å². The van der Waals surface area contributed by atoms with Crippen LogP contribution in [0, 0.1) is 0 Å². The second-order valence-corrected chi connectivity index (χ2v) is 15.8. The fourth-order valence-corrected chi connectivity index (χ4v) is 9.90. The zero-order valence-corrected chi connectivity index (χ0v) is 30.0. The number of nitrogens with one attached hydrogen (secondary N) is 1. The summed E-state index contributed by atoms with van der Waals surface area (Å²) in [5.41, 5.74) is 20.4. The van der Waals surface area contributed by atoms with Crippen LogP contribution in [-0.4, -0.2) is 11.8 Å². The molecule has 0 amide bonds. The third-order valence-electron chi connectivity index (χ3n) is 12.3. The summed E-state index contributed by atoms with van der Waals surface area (Å²) in [6.45, 7) is 9.56. The first-order valence-electron chi connectivity index (χ1n) is 18.5. The van der Waals surface area contributed by atoms with E-state index >= 15 is 0 Å². The minimum Gasteiger partial charge on any atom is -0.355 e. The first-order valence-corrected chi connectivity index (χ1v) is 18.5. The van der Waals surface area contributed by atoms with Gasteiger partial charge >= 0.3 is 0 Å². The number of nitrogens with zero attached hydrogens (tertiary/aromatic N) is 2. The average molecular weight is 668 g/mol. The number of benzene rings is 7. The lowest BCUT2D eigenvalue weighted by Crippen LogP contribution is -2.41. The maximum Gasteiger partial charge on any atom is 0.198 e. The predicted molar refractivity (Wildman–Crippen MR) is 221 cm³/mol. The monoisotopic (exact) mass is 667 g/mol. The molecule has 1 N–H and O–H groups in total. The molecule has 11 rings (SSSR count). The molecule has 0 radical (unpaired) electrons. The third-order valence-corrected chi connectivity index (χ3v) is 12.3. The highest BCUT2D eigenvalue weighted by atomic mass is 15.2. The zero-order chi connectivity index (χ0) is 34.9. The summed E-state index contributed by atoms with van der Waals surface area (Å²) in [6.07, 6.45) is 0. The molecule has 0 bridgehead atoms. The van der Waals surface area contributed by atoms with E-state index in [4.69, 9.17) is 0 Å². The molecule has 3 aliphatic rings. The first kappa shape index (κ1) is 29.7. The molecular formula is C48H38BN3. The fraction of sp³-hybridized carbons (Fsp3) is 0.125. The largest absolute Gasteiger partial charge is 0.355 e. The molecule has 52 heavy (non-hydrogen) atoms. The topological polar surface area (TPSA) is 20.2 Å². The van der Waals surface area contributed by atoms with Gasteiger partial charge in [0.05, 0.1) is 28.1 Å². The smallest absolute Gasteiger partial charge is 0.198 e. The molecule has 248 valence electrons. The molecule has 0 saturated carbocycles. The molecule has 7 aromatic carbocycles. The Morgan fingerprint density at radius 3 is 1.90 bits per heavy atom. The normalized spacial score (nSPS) is 15.3. The number of rotatable bonds is 4. The lowest BCUT2D eigenvalue weighted by atomic mass is 9.57. The van der Waals surface area contributed by atoms with E-state index in [9.17, 15) is 0 Å². The van der Waals surface area contributed by atoms with Gasteiger partial charge in [0.1, 0.15) is 0 Å². The number of para-hydroxylation sites is 6. The van der Waals surface area contributed by atoms with Crippen LogP contribution in [0.5, 0.6) is 0 Å². The van der Waals surface area contributed by atoms with Crippen molar-refractivity contribution < 1.29 is 0 Å². The fourth-order valence-electron chi connectivity index (χ4n) is 9.90. The van der Waals surface area contributed by atoms with Gasteiger partial charge in [0.2, 0.25) is 0 Å². The van der Waals surface area contributed by atoms with Gasteiger partial charge in [-0.15, -0.1) is 0 Å². The van der Waals surface area contributed by atoms with Crippen molar-refractivity contribution in [2.45, 2.75) is 38.5 Å². The maximum atomic E-state index is 3.80. The molecule has 0 fully saturated rings. The van der Waals surface area contributed by atoms with Gasteiger partial charge in [0, 0.05) is 44.2 Å². The summed E-state index contributed by atoms with van der Waals surface area (Å²) < 4.78 is 2.65. The Morgan fingerprint density at radius 2 is 1.13 bits per heavy atom. The number of fused-ring (bicyclic) bond motifs is 3. The van der Waals surface area contributed by atoms with Crippen molar-refractivity contribution in [3.05, 3.63) is 168 Å². The van der Waals surface area contributed by atoms with E-state index in [1.807, 2.05) is 0 Å². The van der Waals surface area contributed by atoms with Crippen molar-refractivity contribution in [2.24, 2.45) is 0 Å². The Bertz CT molecular complexity index is 2760. The number of aromatic nitrogens is 1. The third kappa shape index (κ3) is 3.77. The van der Waals surface area contributed by atoms with E-state index < -0.39 is 0 Å². The van der Waals surface area contributed by atoms with Crippen LogP contribution < -0.4 is 21.1 Å². The SMILES string of the molecule is CC1(C)c2ccccc2N(c2cc(-c3ccccc3Nc3ccccc3)c3c4c2c2cccc5c2n4-c2c(cccc2C5(C)C)B3)c2ccccc21. The number of hydrogen-bond acceptors (Lipinski definition) is 2. The van der Waals surface area contributed by atoms with Gasteiger partial charge in [-0.2, -0.15) is 0 Å². The average Bonchev–Trinajstić information content (AvgIpc) is 3.52. The van der Waals surface area contributed by atoms with Crippen LogP contribution in [0.25, 0.3) is 38.6 Å². The summed E-state index contributed by atoms with van der Waals surface area (Å²) in [7, 11) is 0.872. The molecule has 0 spiro atoms. The van der Waals surface area contributed by atoms with Crippen LogP contribution in [0.3, 0.4) is 0 Å². The van der Waals surface area contributed by atoms with Crippen LogP contribution in [0.2, 0.25) is 0 Å². The molecule has 1 aromatic heterocycles. The molecule has 0 atom stereocenters. The Hall–Kier alpha value is -6.00. The van der Waals surface area contributed by atoms with Crippen molar-refractivity contribution >= 4 is 68.4 Å². The van der Waals surface area contributed by atoms with E-state index in [-0.39, 0.29) is 10.8 Å². The molecule has 3 aliphatic heterocycles. The zero-order valence-electron chi connectivity index (χ0n) is 30.0. The Kier molecular flexibility index (Phi) is 5.88. The first-order chi connectivity index (χ1) is 25.3. The molecule has 0 saturated heterocycles. The maximum absolute atomic E-state index is 3.80. The summed E-state index contributed by atoms with van der Waals surface area (Å²) in [6, 6.07) is 54.0. The number of hydrogen-bond donors (Lipinski definition) is 1. The van der Waals surface area contributed by atoms with E-state index in [1.165, 1.54) is 88.9 Å². The molecule has 4 heterocycles. The summed E-state index contributed by atoms with van der Waals surface area (Å²) in [5.74, 6) is 0. The minimum absolute atomic E-state index is 0.129. The van der Waals surface area contributed by atoms with Gasteiger partial charge in [-0.25, -0.2) is 0 Å². The van der Waals surface area contributed by atoms with Crippen LogP contribution in [-0.2, 0) is 10.8 Å². The standard InChI is InChI=1S/C48H38BN3/c1-47(2)33-20-9-12-26-39(33)51(40-27-13-10-21-34(40)47)41-28-32(30-18-8-11-25-38(30)50-29-16-6-5-7-17-29)43-46-42(41)31-19-14-22-35-44(31)52(46)45-36(48(35,3)4)23-15-24-37(45)49-43/h5-28,49-50H,1-4H3. The lowest BCUT2D eigenvalue weighted by Gasteiger charge is -2.42. The van der Waals surface area contributed by atoms with Gasteiger partial charge in [-0.3, -0.25) is 0 Å². The van der Waals surface area contributed by atoms with E-state index in [0.29, 0.717) is 0 Å². The van der Waals surface area contributed by atoms with Crippen molar-refractivity contribution in [1.82, 2.24) is 4.57 Å². The second kappa shape index (κ2) is 10.3. The van der Waals surface area contributed by atoms with Gasteiger partial charge in [0.15, 0.2) is 7.28 Å². The Balaban J connectivity index is 1.33. The highest BCUT2D eigenvalue weighted by molar-refractivity contribution is 6.74. The molecule has 4 heteroatoms. The quantitative estimate of drug-likeness (QED) is 0.189. The highest BCUT2D eigenvalue weighted by Gasteiger charge is 2.42. The highest BCUT2D eigenvalue weighted by Crippen LogP contribution is 2.56. The summed E-state index contributed by atoms with van der Waals surface area (Å²) >= 11 is 0. The van der Waals surface area contributed by atoms with Crippen molar-refractivity contribution in [2.75, 3.05) is 10.2 Å². The Morgan fingerprint density at radius 1 is 0.519 bits per heavy atom. The molecule has 3 nitrogen and oxygen atoms in total. The Labute approximate surface area is 305 Å². The van der Waals surface area contributed by atoms with E-state index in [2.05, 4.69) is 188 Å². The molecule has 0 unspecified atom stereocenters. The predicted octanol–water partition coefficient (Wildman–Crippen LogP) is 10.6. The molecule has 8 aromatic rings. The lowest BCUT2D eigenvalue weighted by molar-refractivity contribution is 0.631. The van der Waals surface area contributed by atoms with E-state index in [1.54, 1.807) is 0 Å². The van der Waals surface area contributed by atoms with Crippen molar-refractivity contribution in [1.29, 1.82) is 0 Å². The van der Waals surface area contributed by atoms with Crippen LogP contribution in [0.15, 0.2) is 146 Å². The summed E-state index contributed by atoms with van der Waals surface area (Å²) in [4.78, 5) is 2.58. The van der Waals surface area contributed by atoms with Crippen LogP contribution in [0.4, 0.5) is 28.4 Å². The van der Waals surface area contributed by atoms with Crippen molar-refractivity contribution in [3.8, 4) is 16.8 Å². The van der Waals surface area contributed by atoms with Gasteiger partial charge in [-0.1, -0.05) is 142 Å². The van der Waals surface area contributed by atoms with Crippen LogP contribution >= 0.6 is 0 Å². The summed E-state index contributed by atoms with van der Waals surface area (Å²) in [5, 5.41) is 6.44. The second-order valence-electron chi connectivity index (χ2n) is 15.8. The van der Waals surface area contributed by atoms with Crippen molar-refractivity contribution in [3.63, 3.8) is 0 Å². The van der Waals surface area contributed by atoms with E-state index in [0.717, 1.165) is 18.7 Å². The number of anilines is 5. The molecule has 0 aliphatic carbocycles.